The first-order valence-electron chi connectivity index (χ1n) is 17.4. The summed E-state index contributed by atoms with van der Waals surface area (Å²) in [5.74, 6) is -8.40. The Kier molecular flexibility index (Phi) is 6.51. The number of aliphatic hydroxyl groups is 3. The van der Waals surface area contributed by atoms with E-state index in [9.17, 15) is 34.5 Å². The highest BCUT2D eigenvalue weighted by atomic mass is 16.8. The van der Waals surface area contributed by atoms with E-state index < -0.39 is 136 Å². The fraction of sp³-hybridized carbons (Fsp3) is 0.886. The van der Waals surface area contributed by atoms with Gasteiger partial charge in [0.1, 0.15) is 30.5 Å². The second kappa shape index (κ2) is 9.51. The number of carbonyl (C=O) groups is 4. The van der Waals surface area contributed by atoms with Crippen molar-refractivity contribution in [1.82, 2.24) is 0 Å². The Bertz CT molecular complexity index is 1500. The van der Waals surface area contributed by atoms with Crippen LogP contribution in [-0.4, -0.2) is 99.4 Å². The topological polar surface area (TPSA) is 191 Å². The first kappa shape index (κ1) is 32.9. The van der Waals surface area contributed by atoms with Gasteiger partial charge < -0.3 is 43.7 Å². The second-order valence-corrected chi connectivity index (χ2v) is 17.1. The quantitative estimate of drug-likeness (QED) is 0.219. The van der Waals surface area contributed by atoms with Crippen molar-refractivity contribution in [3.8, 4) is 0 Å². The molecule has 0 aromatic heterocycles. The lowest BCUT2D eigenvalue weighted by molar-refractivity contribution is -0.286. The van der Waals surface area contributed by atoms with Gasteiger partial charge in [0.05, 0.1) is 23.7 Å². The number of fused-ring (bicyclic) bond motifs is 9. The smallest absolute Gasteiger partial charge is 0.341 e. The van der Waals surface area contributed by atoms with Gasteiger partial charge in [-0.05, 0) is 49.9 Å². The zero-order valence-electron chi connectivity index (χ0n) is 28.9. The Hall–Kier alpha value is -2.32. The summed E-state index contributed by atoms with van der Waals surface area (Å²) < 4.78 is 36.5. The molecule has 0 aromatic rings. The lowest BCUT2D eigenvalue weighted by Crippen LogP contribution is -2.73. The van der Waals surface area contributed by atoms with Gasteiger partial charge in [0.25, 0.3) is 0 Å². The molecular weight excluding hydrogens is 628 g/mol. The van der Waals surface area contributed by atoms with Gasteiger partial charge in [0, 0.05) is 49.4 Å². The maximum absolute atomic E-state index is 13.3. The molecule has 21 atom stereocenters. The largest absolute Gasteiger partial charge is 0.462 e. The monoisotopic (exact) mass is 676 g/mol. The molecule has 48 heavy (non-hydrogen) atoms. The summed E-state index contributed by atoms with van der Waals surface area (Å²) in [4.78, 5) is 51.6. The molecule has 0 bridgehead atoms. The van der Waals surface area contributed by atoms with Crippen molar-refractivity contribution >= 4 is 23.9 Å². The molecule has 5 aliphatic carbocycles. The molecule has 266 valence electrons. The van der Waals surface area contributed by atoms with Crippen LogP contribution in [0.15, 0.2) is 0 Å². The van der Waals surface area contributed by atoms with E-state index in [0.29, 0.717) is 6.42 Å². The molecule has 0 amide bonds. The van der Waals surface area contributed by atoms with Gasteiger partial charge in [-0.1, -0.05) is 27.7 Å². The van der Waals surface area contributed by atoms with Crippen LogP contribution in [0.3, 0.4) is 0 Å². The van der Waals surface area contributed by atoms with Gasteiger partial charge in [-0.2, -0.15) is 0 Å². The minimum absolute atomic E-state index is 0.242. The molecule has 0 radical (unpaired) electrons. The van der Waals surface area contributed by atoms with E-state index in [1.807, 2.05) is 27.7 Å². The molecular formula is C35H48O13. The summed E-state index contributed by atoms with van der Waals surface area (Å²) in [6.45, 7) is 15.0. The highest BCUT2D eigenvalue weighted by Gasteiger charge is 2.92. The Labute approximate surface area is 279 Å². The van der Waals surface area contributed by atoms with Gasteiger partial charge in [0.2, 0.25) is 5.79 Å². The van der Waals surface area contributed by atoms with Crippen LogP contribution in [0.25, 0.3) is 0 Å². The number of rotatable bonds is 3. The summed E-state index contributed by atoms with van der Waals surface area (Å²) in [6, 6.07) is 0. The van der Waals surface area contributed by atoms with Crippen LogP contribution < -0.4 is 0 Å². The lowest BCUT2D eigenvalue weighted by atomic mass is 9.39. The first-order chi connectivity index (χ1) is 22.2. The number of aliphatic hydroxyl groups excluding tert-OH is 2. The van der Waals surface area contributed by atoms with Crippen molar-refractivity contribution < 1.29 is 62.9 Å². The number of carbonyl (C=O) groups excluding carboxylic acids is 4. The molecule has 3 heterocycles. The maximum Gasteiger partial charge on any atom is 0.341 e. The Morgan fingerprint density at radius 3 is 2.00 bits per heavy atom. The van der Waals surface area contributed by atoms with Crippen molar-refractivity contribution in [1.29, 1.82) is 0 Å². The standard InChI is InChI=1S/C35H48O13/c1-11-19-18(23(39)25(43-13(3)36)16-10-17-26(46-17)29(31(16,19)6)45-15(5)38)21-24(40)22-20(32(21,7)27(11)44-14(4)37)12(2)28-35(47-28)33(22,8)34(9,42)30(41)48-35/h11-12,16-29,39-40,42H,10H2,1-9H3/t11-,12-,16+,17-,18+,19-,20-,21+,22-,23+,24+,25-,26-,27-,28-,29-,31-,32+,33-,34+,35-/m0/s1. The Morgan fingerprint density at radius 2 is 1.40 bits per heavy atom. The average molecular weight is 677 g/mol. The number of esters is 4. The number of hydrogen-bond donors (Lipinski definition) is 3. The third-order valence-corrected chi connectivity index (χ3v) is 15.3. The van der Waals surface area contributed by atoms with E-state index in [0.717, 1.165) is 0 Å². The third-order valence-electron chi connectivity index (χ3n) is 15.3. The van der Waals surface area contributed by atoms with Gasteiger partial charge in [-0.15, -0.1) is 0 Å². The molecule has 3 saturated heterocycles. The normalized spacial score (nSPS) is 61.1. The van der Waals surface area contributed by atoms with Crippen molar-refractivity contribution in [3.05, 3.63) is 0 Å². The Balaban J connectivity index is 1.35. The minimum Gasteiger partial charge on any atom is -0.462 e. The molecule has 8 rings (SSSR count). The highest BCUT2D eigenvalue weighted by Crippen LogP contribution is 2.81. The predicted octanol–water partition coefficient (Wildman–Crippen LogP) is 1.12. The fourth-order valence-electron chi connectivity index (χ4n) is 13.7. The Morgan fingerprint density at radius 1 is 0.792 bits per heavy atom. The van der Waals surface area contributed by atoms with E-state index in [1.54, 1.807) is 6.92 Å². The van der Waals surface area contributed by atoms with Crippen molar-refractivity contribution in [2.75, 3.05) is 0 Å². The number of ether oxygens (including phenoxy) is 6. The molecule has 8 fully saturated rings. The van der Waals surface area contributed by atoms with Gasteiger partial charge in [-0.3, -0.25) is 14.4 Å². The van der Waals surface area contributed by atoms with Crippen LogP contribution in [0, 0.1) is 63.6 Å². The van der Waals surface area contributed by atoms with Crippen LogP contribution in [-0.2, 0) is 47.6 Å². The molecule has 3 aliphatic heterocycles. The van der Waals surface area contributed by atoms with Gasteiger partial charge >= 0.3 is 23.9 Å². The number of epoxide rings is 2. The third kappa shape index (κ3) is 3.46. The average Bonchev–Trinajstić information content (AvgIpc) is 3.88. The van der Waals surface area contributed by atoms with Crippen LogP contribution >= 0.6 is 0 Å². The van der Waals surface area contributed by atoms with Gasteiger partial charge in [-0.25, -0.2) is 4.79 Å². The van der Waals surface area contributed by atoms with E-state index in [-0.39, 0.29) is 12.0 Å². The lowest BCUT2D eigenvalue weighted by Gasteiger charge is -2.67. The second-order valence-electron chi connectivity index (χ2n) is 17.1. The fourth-order valence-corrected chi connectivity index (χ4v) is 13.7. The summed E-state index contributed by atoms with van der Waals surface area (Å²) >= 11 is 0. The molecule has 3 N–H and O–H groups in total. The molecule has 1 spiro atoms. The van der Waals surface area contributed by atoms with Gasteiger partial charge in [0.15, 0.2) is 5.60 Å². The zero-order chi connectivity index (χ0) is 35.0. The van der Waals surface area contributed by atoms with E-state index >= 15 is 0 Å². The van der Waals surface area contributed by atoms with E-state index in [2.05, 4.69) is 0 Å². The van der Waals surface area contributed by atoms with Crippen LogP contribution in [0.2, 0.25) is 0 Å². The van der Waals surface area contributed by atoms with E-state index in [4.69, 9.17) is 28.4 Å². The molecule has 13 nitrogen and oxygen atoms in total. The predicted molar refractivity (Wildman–Crippen MR) is 160 cm³/mol. The first-order valence-corrected chi connectivity index (χ1v) is 17.4. The summed E-state index contributed by atoms with van der Waals surface area (Å²) in [7, 11) is 0. The SMILES string of the molecule is CC(=O)O[C@@H]1[C@H](O)[C@H]2[C@@H]3[C@@H](O)[C@@H]4[C@H]([C@H](C)[C@@H]5O[C@]56OC(=O)[C@@](C)(O)[C@]46C)[C@@]3(C)[C@@H](OC(C)=O)[C@@H](C)[C@@H]2[C@]2(C)[C@@H]1C[C@@H]1O[C@@H]1[C@@H]2OC(C)=O. The van der Waals surface area contributed by atoms with Crippen molar-refractivity contribution in [3.63, 3.8) is 0 Å². The van der Waals surface area contributed by atoms with Crippen LogP contribution in [0.1, 0.15) is 68.7 Å². The summed E-state index contributed by atoms with van der Waals surface area (Å²) in [6.07, 6.45) is -5.82. The molecule has 0 aromatic carbocycles. The van der Waals surface area contributed by atoms with Crippen LogP contribution in [0.5, 0.6) is 0 Å². The molecule has 5 saturated carbocycles. The number of hydrogen-bond acceptors (Lipinski definition) is 13. The van der Waals surface area contributed by atoms with Crippen molar-refractivity contribution in [2.24, 2.45) is 63.6 Å². The summed E-state index contributed by atoms with van der Waals surface area (Å²) in [5.41, 5.74) is -5.39. The minimum atomic E-state index is -2.03. The zero-order valence-corrected chi connectivity index (χ0v) is 28.9. The van der Waals surface area contributed by atoms with Crippen molar-refractivity contribution in [2.45, 2.75) is 129 Å². The van der Waals surface area contributed by atoms with E-state index in [1.165, 1.54) is 27.7 Å². The maximum atomic E-state index is 13.3. The molecule has 8 aliphatic rings. The molecule has 13 heteroatoms. The summed E-state index contributed by atoms with van der Waals surface area (Å²) in [5, 5.41) is 37.3. The van der Waals surface area contributed by atoms with Crippen LogP contribution in [0.4, 0.5) is 0 Å². The molecule has 0 unspecified atom stereocenters. The highest BCUT2D eigenvalue weighted by molar-refractivity contribution is 5.84.